The molecule has 0 radical (unpaired) electrons. The Balaban J connectivity index is 3.17. The second-order valence-electron chi connectivity index (χ2n) is 2.56. The van der Waals surface area contributed by atoms with Gasteiger partial charge in [-0.05, 0) is 17.7 Å². The fourth-order valence-corrected chi connectivity index (χ4v) is 1.00. The molecule has 0 unspecified atom stereocenters. The van der Waals surface area contributed by atoms with Gasteiger partial charge in [0.25, 0.3) is 5.91 Å². The van der Waals surface area contributed by atoms with Crippen LogP contribution < -0.4 is 5.73 Å². The lowest BCUT2D eigenvalue weighted by Gasteiger charge is -2.01. The van der Waals surface area contributed by atoms with Crippen molar-refractivity contribution in [2.24, 2.45) is 4.99 Å². The average molecular weight is 188 g/mol. The van der Waals surface area contributed by atoms with Gasteiger partial charge in [0.2, 0.25) is 6.08 Å². The molecule has 70 valence electrons. The van der Waals surface area contributed by atoms with Crippen LogP contribution in [0.25, 0.3) is 6.08 Å². The smallest absolute Gasteiger partial charge is 0.289 e. The van der Waals surface area contributed by atoms with Crippen LogP contribution >= 0.6 is 0 Å². The fraction of sp³-hybridized carbons (Fsp3) is 0. The number of nitrogens with zero attached hydrogens (tertiary/aromatic N) is 1. The number of nitrogen functional groups attached to an aromatic ring is 1. The molecule has 0 heterocycles. The highest BCUT2D eigenvalue weighted by molar-refractivity contribution is 6.02. The summed E-state index contributed by atoms with van der Waals surface area (Å²) in [4.78, 5) is 23.9. The number of benzene rings is 1. The molecule has 14 heavy (non-hydrogen) atoms. The number of carbonyl (C=O) groups is 1. The van der Waals surface area contributed by atoms with Crippen molar-refractivity contribution in [1.29, 1.82) is 0 Å². The second kappa shape index (κ2) is 4.16. The Morgan fingerprint density at radius 3 is 2.79 bits per heavy atom. The van der Waals surface area contributed by atoms with Crippen LogP contribution in [0, 0.1) is 0 Å². The van der Waals surface area contributed by atoms with Gasteiger partial charge in [0.05, 0.1) is 5.56 Å². The van der Waals surface area contributed by atoms with Gasteiger partial charge in [-0.3, -0.25) is 4.79 Å². The molecule has 0 spiro atoms. The number of hydrogen-bond acceptors (Lipinski definition) is 3. The molecule has 1 aromatic carbocycles. The van der Waals surface area contributed by atoms with Crippen LogP contribution in [0.3, 0.4) is 0 Å². The second-order valence-corrected chi connectivity index (χ2v) is 2.56. The molecule has 1 aromatic rings. The van der Waals surface area contributed by atoms with Crippen LogP contribution in [-0.4, -0.2) is 12.0 Å². The third-order valence-electron chi connectivity index (χ3n) is 1.69. The highest BCUT2D eigenvalue weighted by Gasteiger charge is 2.07. The summed E-state index contributed by atoms with van der Waals surface area (Å²) < 4.78 is 0. The molecular formula is C10H8N2O2. The van der Waals surface area contributed by atoms with Crippen molar-refractivity contribution in [3.63, 3.8) is 0 Å². The van der Waals surface area contributed by atoms with E-state index >= 15 is 0 Å². The molecule has 0 fully saturated rings. The summed E-state index contributed by atoms with van der Waals surface area (Å²) in [5.41, 5.74) is 6.83. The van der Waals surface area contributed by atoms with Crippen molar-refractivity contribution in [2.75, 3.05) is 5.73 Å². The predicted molar refractivity (Wildman–Crippen MR) is 53.4 cm³/mol. The topological polar surface area (TPSA) is 72.5 Å². The van der Waals surface area contributed by atoms with Gasteiger partial charge in [0.1, 0.15) is 0 Å². The predicted octanol–water partition coefficient (Wildman–Crippen LogP) is 1.39. The molecule has 0 aromatic heterocycles. The molecule has 4 heteroatoms. The van der Waals surface area contributed by atoms with Gasteiger partial charge in [0, 0.05) is 5.69 Å². The number of hydrogen-bond donors (Lipinski definition) is 1. The molecule has 4 nitrogen and oxygen atoms in total. The Morgan fingerprint density at radius 2 is 2.29 bits per heavy atom. The molecule has 0 aliphatic heterocycles. The van der Waals surface area contributed by atoms with Gasteiger partial charge >= 0.3 is 0 Å². The van der Waals surface area contributed by atoms with Gasteiger partial charge in [-0.2, -0.15) is 0 Å². The number of isocyanates is 1. The van der Waals surface area contributed by atoms with E-state index in [9.17, 15) is 9.59 Å². The summed E-state index contributed by atoms with van der Waals surface area (Å²) in [5, 5.41) is 0. The van der Waals surface area contributed by atoms with Gasteiger partial charge in [-0.25, -0.2) is 4.79 Å². The van der Waals surface area contributed by atoms with Gasteiger partial charge in [0.15, 0.2) is 0 Å². The summed E-state index contributed by atoms with van der Waals surface area (Å²) in [6.07, 6.45) is 2.78. The summed E-state index contributed by atoms with van der Waals surface area (Å²) in [7, 11) is 0. The van der Waals surface area contributed by atoms with E-state index in [4.69, 9.17) is 5.73 Å². The zero-order valence-electron chi connectivity index (χ0n) is 7.36. The van der Waals surface area contributed by atoms with Crippen molar-refractivity contribution >= 4 is 23.8 Å². The van der Waals surface area contributed by atoms with Crippen molar-refractivity contribution in [3.8, 4) is 0 Å². The van der Waals surface area contributed by atoms with Crippen molar-refractivity contribution in [2.45, 2.75) is 0 Å². The minimum Gasteiger partial charge on any atom is -0.398 e. The zero-order valence-corrected chi connectivity index (χ0v) is 7.36. The number of anilines is 1. The minimum absolute atomic E-state index is 0.193. The van der Waals surface area contributed by atoms with Crippen LogP contribution in [-0.2, 0) is 4.79 Å². The zero-order chi connectivity index (χ0) is 10.6. The first-order chi connectivity index (χ1) is 6.69. The van der Waals surface area contributed by atoms with Crippen molar-refractivity contribution in [3.05, 3.63) is 35.9 Å². The largest absolute Gasteiger partial charge is 0.398 e. The van der Waals surface area contributed by atoms with Crippen LogP contribution in [0.4, 0.5) is 5.69 Å². The van der Waals surface area contributed by atoms with E-state index in [1.165, 1.54) is 12.1 Å². The Bertz CT molecular complexity index is 432. The Labute approximate surface area is 80.8 Å². The molecular weight excluding hydrogens is 180 g/mol. The molecule has 0 atom stereocenters. The maximum Gasteiger partial charge on any atom is 0.289 e. The first-order valence-electron chi connectivity index (χ1n) is 3.83. The summed E-state index contributed by atoms with van der Waals surface area (Å²) >= 11 is 0. The molecule has 0 saturated carbocycles. The average Bonchev–Trinajstić information content (AvgIpc) is 2.17. The van der Waals surface area contributed by atoms with E-state index in [1.54, 1.807) is 18.2 Å². The SMILES string of the molecule is C=Cc1ccc(C(=O)N=C=O)c(N)c1. The molecule has 1 amide bonds. The summed E-state index contributed by atoms with van der Waals surface area (Å²) in [5.74, 6) is -0.687. The highest BCUT2D eigenvalue weighted by Crippen LogP contribution is 2.15. The maximum absolute atomic E-state index is 11.1. The summed E-state index contributed by atoms with van der Waals surface area (Å²) in [6.45, 7) is 3.56. The Morgan fingerprint density at radius 1 is 1.57 bits per heavy atom. The van der Waals surface area contributed by atoms with Crippen LogP contribution in [0.1, 0.15) is 15.9 Å². The van der Waals surface area contributed by atoms with Crippen molar-refractivity contribution < 1.29 is 9.59 Å². The Kier molecular flexibility index (Phi) is 2.94. The van der Waals surface area contributed by atoms with E-state index in [-0.39, 0.29) is 11.3 Å². The lowest BCUT2D eigenvalue weighted by molar-refractivity contribution is 0.100. The number of carbonyl (C=O) groups excluding carboxylic acids is 2. The van der Waals surface area contributed by atoms with Gasteiger partial charge in [-0.15, -0.1) is 4.99 Å². The van der Waals surface area contributed by atoms with Gasteiger partial charge < -0.3 is 5.73 Å². The molecule has 0 saturated heterocycles. The van der Waals surface area contributed by atoms with Gasteiger partial charge in [-0.1, -0.05) is 18.7 Å². The molecule has 0 bridgehead atoms. The number of aliphatic imine (C=N–C) groups is 1. The lowest BCUT2D eigenvalue weighted by Crippen LogP contribution is -2.00. The minimum atomic E-state index is -0.687. The molecule has 0 aliphatic rings. The number of amides is 1. The summed E-state index contributed by atoms with van der Waals surface area (Å²) in [6, 6.07) is 4.74. The molecule has 1 rings (SSSR count). The van der Waals surface area contributed by atoms with E-state index in [2.05, 4.69) is 11.6 Å². The first kappa shape index (κ1) is 9.89. The molecule has 2 N–H and O–H groups in total. The number of rotatable bonds is 2. The quantitative estimate of drug-likeness (QED) is 0.433. The standard InChI is InChI=1S/C10H8N2O2/c1-2-7-3-4-8(9(11)5-7)10(14)12-6-13/h2-5H,1,11H2. The third-order valence-corrected chi connectivity index (χ3v) is 1.69. The van der Waals surface area contributed by atoms with E-state index in [0.717, 1.165) is 5.56 Å². The number of nitrogens with two attached hydrogens (primary N) is 1. The highest BCUT2D eigenvalue weighted by atomic mass is 16.2. The third kappa shape index (κ3) is 1.94. The lowest BCUT2D eigenvalue weighted by atomic mass is 10.1. The van der Waals surface area contributed by atoms with E-state index < -0.39 is 5.91 Å². The fourth-order valence-electron chi connectivity index (χ4n) is 1.00. The van der Waals surface area contributed by atoms with Crippen LogP contribution in [0.15, 0.2) is 29.8 Å². The van der Waals surface area contributed by atoms with Crippen molar-refractivity contribution in [1.82, 2.24) is 0 Å². The first-order valence-corrected chi connectivity index (χ1v) is 3.83. The van der Waals surface area contributed by atoms with Crippen LogP contribution in [0.5, 0.6) is 0 Å². The molecule has 0 aliphatic carbocycles. The maximum atomic E-state index is 11.1. The van der Waals surface area contributed by atoms with Crippen LogP contribution in [0.2, 0.25) is 0 Å². The normalized spacial score (nSPS) is 8.86. The van der Waals surface area contributed by atoms with E-state index in [1.807, 2.05) is 0 Å². The monoisotopic (exact) mass is 188 g/mol. The van der Waals surface area contributed by atoms with E-state index in [0.29, 0.717) is 0 Å². The Hall–Kier alpha value is -2.19.